The second-order valence-electron chi connectivity index (χ2n) is 10.1. The minimum atomic E-state index is -0.452. The summed E-state index contributed by atoms with van der Waals surface area (Å²) in [6.45, 7) is 4.38. The molecule has 0 amide bonds. The van der Waals surface area contributed by atoms with Crippen LogP contribution in [0.25, 0.3) is 11.8 Å². The topological polar surface area (TPSA) is 68.0 Å². The molecule has 2 saturated heterocycles. The maximum Gasteiger partial charge on any atom is 0.225 e. The number of anilines is 1. The van der Waals surface area contributed by atoms with Gasteiger partial charge in [0.25, 0.3) is 0 Å². The molecular weight excluding hydrogens is 453 g/mol. The number of rotatable bonds is 5. The Bertz CT molecular complexity index is 1320. The number of quaternary nitrogens is 1. The normalized spacial score (nSPS) is 21.3. The number of hydrogen-bond donors (Lipinski definition) is 2. The summed E-state index contributed by atoms with van der Waals surface area (Å²) in [6.07, 6.45) is 12.3. The van der Waals surface area contributed by atoms with E-state index in [1.165, 1.54) is 40.1 Å². The number of benzene rings is 2. The van der Waals surface area contributed by atoms with Gasteiger partial charge < -0.3 is 14.6 Å². The molecule has 186 valence electrons. The van der Waals surface area contributed by atoms with Gasteiger partial charge in [-0.15, -0.1) is 0 Å². The molecule has 0 saturated carbocycles. The van der Waals surface area contributed by atoms with Crippen LogP contribution in [0, 0.1) is 12.7 Å². The van der Waals surface area contributed by atoms with Crippen LogP contribution < -0.4 is 10.6 Å². The van der Waals surface area contributed by atoms with Crippen LogP contribution >= 0.6 is 0 Å². The third kappa shape index (κ3) is 4.61. The van der Waals surface area contributed by atoms with Crippen LogP contribution in [0.5, 0.6) is 0 Å². The van der Waals surface area contributed by atoms with Gasteiger partial charge in [-0.2, -0.15) is 0 Å². The number of imidazole rings is 1. The van der Waals surface area contributed by atoms with E-state index in [9.17, 15) is 4.39 Å². The van der Waals surface area contributed by atoms with Crippen molar-refractivity contribution in [2.45, 2.75) is 51.1 Å². The highest BCUT2D eigenvalue weighted by molar-refractivity contribution is 5.96. The molecule has 6 nitrogen and oxygen atoms in total. The average Bonchev–Trinajstić information content (AvgIpc) is 3.29. The Hall–Kier alpha value is -3.29. The van der Waals surface area contributed by atoms with Crippen LogP contribution in [0.4, 0.5) is 10.1 Å². The van der Waals surface area contributed by atoms with E-state index in [4.69, 9.17) is 9.73 Å². The predicted molar refractivity (Wildman–Crippen MR) is 140 cm³/mol. The van der Waals surface area contributed by atoms with E-state index in [2.05, 4.69) is 44.6 Å². The van der Waals surface area contributed by atoms with Crippen LogP contribution in [-0.4, -0.2) is 40.8 Å². The van der Waals surface area contributed by atoms with E-state index in [1.54, 1.807) is 12.1 Å². The van der Waals surface area contributed by atoms with E-state index < -0.39 is 5.66 Å². The minimum absolute atomic E-state index is 0.232. The van der Waals surface area contributed by atoms with Crippen molar-refractivity contribution in [1.29, 1.82) is 0 Å². The molecule has 3 heterocycles. The summed E-state index contributed by atoms with van der Waals surface area (Å²) >= 11 is 0. The Balaban J connectivity index is 1.33. The minimum Gasteiger partial charge on any atom is -0.381 e. The highest BCUT2D eigenvalue weighted by Crippen LogP contribution is 2.34. The van der Waals surface area contributed by atoms with Crippen LogP contribution in [-0.2, 0) is 17.6 Å². The first-order valence-electron chi connectivity index (χ1n) is 13.0. The third-order valence-electron chi connectivity index (χ3n) is 7.58. The molecule has 2 aliphatic heterocycles. The van der Waals surface area contributed by atoms with Crippen molar-refractivity contribution in [2.24, 2.45) is 4.99 Å². The standard InChI is InChI=1S/C29H32FN5O/c1-20-18-35(19-32-20)27-11-4-21(25-9-10-26(25)27)17-22-3-2-14-31-28(22)34-29(12-15-36-16-13-29)33-24-7-5-23(30)6-8-24/h4-8,11,17-19,33H,2-3,9-10,12-16H2,1H3,(H,31,34)/p+1. The highest BCUT2D eigenvalue weighted by Gasteiger charge is 2.35. The zero-order valence-corrected chi connectivity index (χ0v) is 20.8. The molecule has 0 radical (unpaired) electrons. The Labute approximate surface area is 211 Å². The number of aryl methyl sites for hydroxylation is 1. The molecule has 2 aromatic carbocycles. The number of ether oxygens (including phenoxy) is 1. The number of nitrogens with zero attached hydrogens (tertiary/aromatic N) is 3. The van der Waals surface area contributed by atoms with Gasteiger partial charge in [-0.05, 0) is 79.3 Å². The van der Waals surface area contributed by atoms with Crippen molar-refractivity contribution < 1.29 is 14.4 Å². The predicted octanol–water partition coefficient (Wildman–Crippen LogP) is 4.18. The fourth-order valence-corrected chi connectivity index (χ4v) is 5.52. The SMILES string of the molecule is Cc1cn(-c2ccc(C=C3CCC[NH2+]C3=NC3(Nc4ccc(F)cc4)CCOCC3)c3c2CC3)cn1. The molecule has 2 fully saturated rings. The Morgan fingerprint density at radius 1 is 1.08 bits per heavy atom. The largest absolute Gasteiger partial charge is 0.381 e. The molecule has 0 bridgehead atoms. The summed E-state index contributed by atoms with van der Waals surface area (Å²) in [4.78, 5) is 9.76. The average molecular weight is 487 g/mol. The number of aromatic nitrogens is 2. The molecule has 0 unspecified atom stereocenters. The lowest BCUT2D eigenvalue weighted by Crippen LogP contribution is -2.90. The molecular formula is C29H33FN5O+. The summed E-state index contributed by atoms with van der Waals surface area (Å²) in [5, 5.41) is 5.91. The molecule has 6 rings (SSSR count). The van der Waals surface area contributed by atoms with Crippen LogP contribution in [0.3, 0.4) is 0 Å². The third-order valence-corrected chi connectivity index (χ3v) is 7.58. The lowest BCUT2D eigenvalue weighted by Gasteiger charge is -2.36. The first-order valence-corrected chi connectivity index (χ1v) is 13.0. The maximum atomic E-state index is 13.5. The van der Waals surface area contributed by atoms with Gasteiger partial charge in [0.15, 0.2) is 0 Å². The van der Waals surface area contributed by atoms with Gasteiger partial charge in [-0.25, -0.2) is 14.4 Å². The van der Waals surface area contributed by atoms with E-state index in [0.29, 0.717) is 13.2 Å². The number of halogens is 1. The second kappa shape index (κ2) is 9.64. The van der Waals surface area contributed by atoms with Crippen LogP contribution in [0.15, 0.2) is 59.5 Å². The van der Waals surface area contributed by atoms with Gasteiger partial charge in [0, 0.05) is 42.4 Å². The number of fused-ring (bicyclic) bond motifs is 1. The van der Waals surface area contributed by atoms with Gasteiger partial charge in [0.05, 0.1) is 31.8 Å². The van der Waals surface area contributed by atoms with E-state index >= 15 is 0 Å². The quantitative estimate of drug-likeness (QED) is 0.569. The van der Waals surface area contributed by atoms with Crippen molar-refractivity contribution in [3.63, 3.8) is 0 Å². The molecule has 0 atom stereocenters. The zero-order chi connectivity index (χ0) is 24.5. The molecule has 0 spiro atoms. The number of hydrogen-bond acceptors (Lipinski definition) is 4. The fraction of sp³-hybridized carbons (Fsp3) is 0.379. The fourth-order valence-electron chi connectivity index (χ4n) is 5.52. The molecule has 3 aliphatic rings. The number of amidine groups is 1. The van der Waals surface area contributed by atoms with E-state index in [0.717, 1.165) is 62.3 Å². The Morgan fingerprint density at radius 2 is 1.89 bits per heavy atom. The number of aliphatic imine (C=N–C) groups is 1. The molecule has 1 aliphatic carbocycles. The van der Waals surface area contributed by atoms with Gasteiger partial charge in [0.1, 0.15) is 11.5 Å². The van der Waals surface area contributed by atoms with Crippen molar-refractivity contribution in [1.82, 2.24) is 9.55 Å². The van der Waals surface area contributed by atoms with Gasteiger partial charge >= 0.3 is 0 Å². The zero-order valence-electron chi connectivity index (χ0n) is 20.8. The summed E-state index contributed by atoms with van der Waals surface area (Å²) < 4.78 is 21.3. The molecule has 3 N–H and O–H groups in total. The van der Waals surface area contributed by atoms with Gasteiger partial charge in [-0.3, -0.25) is 5.32 Å². The van der Waals surface area contributed by atoms with E-state index in [1.807, 2.05) is 13.3 Å². The first kappa shape index (κ1) is 23.1. The highest BCUT2D eigenvalue weighted by atomic mass is 19.1. The summed E-state index contributed by atoms with van der Waals surface area (Å²) in [5.41, 5.74) is 8.19. The van der Waals surface area contributed by atoms with Crippen molar-refractivity contribution in [3.05, 3.63) is 82.7 Å². The molecule has 36 heavy (non-hydrogen) atoms. The van der Waals surface area contributed by atoms with E-state index in [-0.39, 0.29) is 5.82 Å². The molecule has 3 aromatic rings. The summed E-state index contributed by atoms with van der Waals surface area (Å²) in [5.74, 6) is 0.852. The first-order chi connectivity index (χ1) is 17.6. The van der Waals surface area contributed by atoms with Gasteiger partial charge in [-0.1, -0.05) is 6.07 Å². The molecule has 7 heteroatoms. The summed E-state index contributed by atoms with van der Waals surface area (Å²) in [6, 6.07) is 11.0. The lowest BCUT2D eigenvalue weighted by atomic mass is 9.82. The number of piperidine rings is 1. The smallest absolute Gasteiger partial charge is 0.225 e. The maximum absolute atomic E-state index is 13.5. The lowest BCUT2D eigenvalue weighted by molar-refractivity contribution is -0.543. The Kier molecular flexibility index (Phi) is 6.19. The summed E-state index contributed by atoms with van der Waals surface area (Å²) in [7, 11) is 0. The van der Waals surface area contributed by atoms with Crippen LogP contribution in [0.2, 0.25) is 0 Å². The second-order valence-corrected chi connectivity index (χ2v) is 10.1. The number of nitrogens with one attached hydrogen (secondary N) is 1. The van der Waals surface area contributed by atoms with Gasteiger partial charge in [0.2, 0.25) is 5.84 Å². The van der Waals surface area contributed by atoms with Crippen molar-refractivity contribution >= 4 is 17.6 Å². The number of nitrogens with two attached hydrogens (primary N) is 1. The van der Waals surface area contributed by atoms with Crippen LogP contribution in [0.1, 0.15) is 48.1 Å². The molecule has 1 aromatic heterocycles. The Morgan fingerprint density at radius 3 is 2.61 bits per heavy atom. The monoisotopic (exact) mass is 486 g/mol. The van der Waals surface area contributed by atoms with Crippen molar-refractivity contribution in [3.8, 4) is 5.69 Å². The van der Waals surface area contributed by atoms with Crippen molar-refractivity contribution in [2.75, 3.05) is 25.1 Å².